The van der Waals surface area contributed by atoms with Crippen molar-refractivity contribution in [3.05, 3.63) is 76.5 Å². The number of benzene rings is 1. The van der Waals surface area contributed by atoms with Gasteiger partial charge in [-0.3, -0.25) is 14.6 Å². The van der Waals surface area contributed by atoms with Crippen LogP contribution < -0.4 is 15.3 Å². The highest BCUT2D eigenvalue weighted by Gasteiger charge is 2.24. The molecule has 8 heteroatoms. The van der Waals surface area contributed by atoms with Crippen molar-refractivity contribution in [3.63, 3.8) is 0 Å². The first-order valence-corrected chi connectivity index (χ1v) is 10.1. The Labute approximate surface area is 181 Å². The average Bonchev–Trinajstić information content (AvgIpc) is 2.76. The van der Waals surface area contributed by atoms with Gasteiger partial charge in [0.25, 0.3) is 5.91 Å². The Balaban J connectivity index is 1.57. The third-order valence-electron chi connectivity index (χ3n) is 5.34. The fourth-order valence-corrected chi connectivity index (χ4v) is 3.73. The summed E-state index contributed by atoms with van der Waals surface area (Å²) in [5.41, 5.74) is 8.14. The van der Waals surface area contributed by atoms with E-state index in [1.165, 1.54) is 7.11 Å². The van der Waals surface area contributed by atoms with Crippen LogP contribution in [0.15, 0.2) is 42.7 Å². The number of amides is 1. The number of aryl methyl sites for hydroxylation is 2. The zero-order valence-electron chi connectivity index (χ0n) is 18.2. The van der Waals surface area contributed by atoms with Crippen molar-refractivity contribution in [2.45, 2.75) is 26.8 Å². The highest BCUT2D eigenvalue weighted by atomic mass is 16.6. The van der Waals surface area contributed by atoms with Gasteiger partial charge >= 0.3 is 0 Å². The van der Waals surface area contributed by atoms with Crippen LogP contribution in [-0.2, 0) is 17.8 Å². The minimum Gasteiger partial charge on any atom is -0.349 e. The van der Waals surface area contributed by atoms with Crippen LogP contribution in [0.5, 0.6) is 0 Å². The molecule has 0 saturated heterocycles. The normalized spacial score (nSPS) is 13.2. The molecule has 0 fully saturated rings. The van der Waals surface area contributed by atoms with E-state index in [0.29, 0.717) is 25.2 Å². The number of carbonyl (C=O) groups is 1. The standard InChI is InChI=1S/C23H26N6O2/c1-15-5-8-18(23(30)27-31-4)10-20(15)29-13-19-12-25-21(26-22(19)28(3)14-29)9-17-7-6-16(2)24-11-17/h5-8,10-12H,9,13-14H2,1-4H3,(H,27,30). The number of pyridine rings is 1. The van der Waals surface area contributed by atoms with Gasteiger partial charge in [-0.05, 0) is 43.2 Å². The Hall–Kier alpha value is -3.52. The molecule has 0 saturated carbocycles. The van der Waals surface area contributed by atoms with Crippen molar-refractivity contribution in [1.29, 1.82) is 0 Å². The highest BCUT2D eigenvalue weighted by Crippen LogP contribution is 2.30. The predicted octanol–water partition coefficient (Wildman–Crippen LogP) is 2.78. The zero-order chi connectivity index (χ0) is 22.0. The monoisotopic (exact) mass is 418 g/mol. The van der Waals surface area contributed by atoms with E-state index in [4.69, 9.17) is 9.82 Å². The molecular weight excluding hydrogens is 392 g/mol. The quantitative estimate of drug-likeness (QED) is 0.638. The predicted molar refractivity (Wildman–Crippen MR) is 119 cm³/mol. The SMILES string of the molecule is CONC(=O)c1ccc(C)c(N2Cc3cnc(Cc4ccc(C)nc4)nc3N(C)C2)c1. The summed E-state index contributed by atoms with van der Waals surface area (Å²) in [5, 5.41) is 0. The van der Waals surface area contributed by atoms with Crippen molar-refractivity contribution in [1.82, 2.24) is 20.4 Å². The van der Waals surface area contributed by atoms with Gasteiger partial charge in [0.15, 0.2) is 0 Å². The van der Waals surface area contributed by atoms with E-state index in [0.717, 1.165) is 39.7 Å². The summed E-state index contributed by atoms with van der Waals surface area (Å²) in [6.07, 6.45) is 4.42. The van der Waals surface area contributed by atoms with Crippen LogP contribution in [0.1, 0.15) is 38.6 Å². The van der Waals surface area contributed by atoms with E-state index in [-0.39, 0.29) is 5.91 Å². The second kappa shape index (κ2) is 8.69. The molecule has 0 atom stereocenters. The summed E-state index contributed by atoms with van der Waals surface area (Å²) in [5.74, 6) is 1.44. The maximum atomic E-state index is 12.2. The summed E-state index contributed by atoms with van der Waals surface area (Å²) in [6, 6.07) is 9.70. The maximum Gasteiger partial charge on any atom is 0.274 e. The number of fused-ring (bicyclic) bond motifs is 1. The van der Waals surface area contributed by atoms with Gasteiger partial charge < -0.3 is 9.80 Å². The molecule has 2 aromatic heterocycles. The first kappa shape index (κ1) is 20.7. The molecule has 0 bridgehead atoms. The lowest BCUT2D eigenvalue weighted by Gasteiger charge is -2.37. The number of hydroxylamine groups is 1. The number of hydrogen-bond acceptors (Lipinski definition) is 7. The number of rotatable bonds is 5. The Kier molecular flexibility index (Phi) is 5.81. The van der Waals surface area contributed by atoms with Gasteiger partial charge in [-0.15, -0.1) is 0 Å². The molecule has 1 N–H and O–H groups in total. The Morgan fingerprint density at radius 3 is 2.74 bits per heavy atom. The molecule has 0 aliphatic carbocycles. The van der Waals surface area contributed by atoms with Gasteiger partial charge in [-0.2, -0.15) is 0 Å². The Morgan fingerprint density at radius 2 is 2.00 bits per heavy atom. The van der Waals surface area contributed by atoms with Gasteiger partial charge in [-0.25, -0.2) is 15.4 Å². The summed E-state index contributed by atoms with van der Waals surface area (Å²) in [6.45, 7) is 5.34. The van der Waals surface area contributed by atoms with Crippen molar-refractivity contribution >= 4 is 17.4 Å². The smallest absolute Gasteiger partial charge is 0.274 e. The van der Waals surface area contributed by atoms with Gasteiger partial charge in [0, 0.05) is 54.9 Å². The molecule has 1 aliphatic heterocycles. The molecule has 0 unspecified atom stereocenters. The number of nitrogens with one attached hydrogen (secondary N) is 1. The van der Waals surface area contributed by atoms with Gasteiger partial charge in [0.1, 0.15) is 11.6 Å². The largest absolute Gasteiger partial charge is 0.349 e. The van der Waals surface area contributed by atoms with E-state index in [1.54, 1.807) is 6.07 Å². The van der Waals surface area contributed by atoms with Crippen molar-refractivity contribution < 1.29 is 9.63 Å². The highest BCUT2D eigenvalue weighted by molar-refractivity contribution is 5.94. The van der Waals surface area contributed by atoms with Crippen LogP contribution in [0.2, 0.25) is 0 Å². The second-order valence-corrected chi connectivity index (χ2v) is 7.79. The minimum absolute atomic E-state index is 0.270. The lowest BCUT2D eigenvalue weighted by Crippen LogP contribution is -2.41. The Bertz CT molecular complexity index is 1100. The number of carbonyl (C=O) groups excluding carboxylic acids is 1. The molecule has 3 heterocycles. The molecule has 1 aromatic carbocycles. The molecule has 31 heavy (non-hydrogen) atoms. The van der Waals surface area contributed by atoms with E-state index in [2.05, 4.69) is 31.3 Å². The summed E-state index contributed by atoms with van der Waals surface area (Å²) in [7, 11) is 3.44. The molecule has 3 aromatic rings. The Morgan fingerprint density at radius 1 is 1.16 bits per heavy atom. The number of aromatic nitrogens is 3. The summed E-state index contributed by atoms with van der Waals surface area (Å²) in [4.78, 5) is 35.0. The molecular formula is C23H26N6O2. The molecule has 8 nitrogen and oxygen atoms in total. The van der Waals surface area contributed by atoms with Crippen LogP contribution >= 0.6 is 0 Å². The third kappa shape index (κ3) is 4.49. The first-order valence-electron chi connectivity index (χ1n) is 10.1. The van der Waals surface area contributed by atoms with Crippen LogP contribution in [0.4, 0.5) is 11.5 Å². The molecule has 160 valence electrons. The number of anilines is 2. The first-order chi connectivity index (χ1) is 14.9. The van der Waals surface area contributed by atoms with Crippen molar-refractivity contribution in [2.24, 2.45) is 0 Å². The molecule has 0 spiro atoms. The third-order valence-corrected chi connectivity index (χ3v) is 5.34. The second-order valence-electron chi connectivity index (χ2n) is 7.79. The van der Waals surface area contributed by atoms with Crippen LogP contribution in [0, 0.1) is 13.8 Å². The maximum absolute atomic E-state index is 12.2. The summed E-state index contributed by atoms with van der Waals surface area (Å²) >= 11 is 0. The van der Waals surface area contributed by atoms with Crippen molar-refractivity contribution in [3.8, 4) is 0 Å². The zero-order valence-corrected chi connectivity index (χ0v) is 18.2. The summed E-state index contributed by atoms with van der Waals surface area (Å²) < 4.78 is 0. The fraction of sp³-hybridized carbons (Fsp3) is 0.304. The van der Waals surface area contributed by atoms with E-state index < -0.39 is 0 Å². The fourth-order valence-electron chi connectivity index (χ4n) is 3.73. The van der Waals surface area contributed by atoms with E-state index in [9.17, 15) is 4.79 Å². The lowest BCUT2D eigenvalue weighted by atomic mass is 10.1. The van der Waals surface area contributed by atoms with E-state index in [1.807, 2.05) is 51.5 Å². The molecule has 4 rings (SSSR count). The van der Waals surface area contributed by atoms with Gasteiger partial charge in [-0.1, -0.05) is 12.1 Å². The topological polar surface area (TPSA) is 83.5 Å². The molecule has 1 aliphatic rings. The van der Waals surface area contributed by atoms with Crippen molar-refractivity contribution in [2.75, 3.05) is 30.6 Å². The number of hydrogen-bond donors (Lipinski definition) is 1. The van der Waals surface area contributed by atoms with E-state index >= 15 is 0 Å². The number of nitrogens with zero attached hydrogens (tertiary/aromatic N) is 5. The van der Waals surface area contributed by atoms with Crippen LogP contribution in [0.3, 0.4) is 0 Å². The average molecular weight is 419 g/mol. The molecule has 1 amide bonds. The lowest BCUT2D eigenvalue weighted by molar-refractivity contribution is 0.0537. The van der Waals surface area contributed by atoms with Crippen LogP contribution in [-0.4, -0.2) is 41.7 Å². The van der Waals surface area contributed by atoms with Crippen LogP contribution in [0.25, 0.3) is 0 Å². The van der Waals surface area contributed by atoms with Gasteiger partial charge in [0.05, 0.1) is 13.8 Å². The van der Waals surface area contributed by atoms with Gasteiger partial charge in [0.2, 0.25) is 0 Å². The minimum atomic E-state index is -0.270. The molecule has 0 radical (unpaired) electrons.